The fourth-order valence-electron chi connectivity index (χ4n) is 5.47. The quantitative estimate of drug-likeness (QED) is 0.179. The number of nitrogens with zero attached hydrogens (tertiary/aromatic N) is 2. The highest BCUT2D eigenvalue weighted by Gasteiger charge is 2.21. The first kappa shape index (κ1) is 32.9. The third-order valence-electron chi connectivity index (χ3n) is 7.57. The molecular weight excluding hydrogens is 595 g/mol. The van der Waals surface area contributed by atoms with Gasteiger partial charge in [0.15, 0.2) is 17.1 Å². The monoisotopic (exact) mass is 632 g/mol. The van der Waals surface area contributed by atoms with Gasteiger partial charge in [-0.25, -0.2) is 0 Å². The Kier molecular flexibility index (Phi) is 11.3. The molecule has 0 saturated carbocycles. The predicted octanol–water partition coefficient (Wildman–Crippen LogP) is 8.43. The summed E-state index contributed by atoms with van der Waals surface area (Å²) in [6.45, 7) is 2.11. The Balaban J connectivity index is 0.000000197. The lowest BCUT2D eigenvalue weighted by atomic mass is 10.0. The van der Waals surface area contributed by atoms with Gasteiger partial charge in [0.25, 0.3) is 0 Å². The Morgan fingerprint density at radius 2 is 1.55 bits per heavy atom. The molecule has 0 N–H and O–H groups in total. The molecule has 5 aromatic rings. The van der Waals surface area contributed by atoms with Crippen LogP contribution in [0.25, 0.3) is 22.3 Å². The summed E-state index contributed by atoms with van der Waals surface area (Å²) in [6, 6.07) is 29.6. The van der Waals surface area contributed by atoms with Crippen LogP contribution in [0.5, 0.6) is 11.5 Å². The van der Waals surface area contributed by atoms with Gasteiger partial charge >= 0.3 is 0 Å². The summed E-state index contributed by atoms with van der Waals surface area (Å²) in [6.07, 6.45) is 3.30. The minimum Gasteiger partial charge on any atom is -0.493 e. The maximum Gasteiger partial charge on any atom is 0.235 e. The molecule has 0 atom stereocenters. The van der Waals surface area contributed by atoms with Crippen molar-refractivity contribution < 1.29 is 13.9 Å². The van der Waals surface area contributed by atoms with Gasteiger partial charge in [-0.2, -0.15) is 0 Å². The maximum atomic E-state index is 12.6. The average molecular weight is 634 g/mol. The Hall–Kier alpha value is -3.97. The minimum atomic E-state index is -0.212. The molecule has 230 valence electrons. The standard InChI is InChI=1S/C19H23ClN2.C17H14O4.ClH/c1-21(2)12-5-13-22-18-7-4-3-6-15(18)8-9-16-10-11-17(20)14-19(16)22;1-19-13-10-6-9-12-14(18)17(20-2)15(21-16(12)13)11-7-4-3-5-8-11;/h3-4,6-7,10-11,14H,5,8-9,12-13H2,1-2H3;3-10H,1-2H3;1H. The van der Waals surface area contributed by atoms with E-state index in [4.69, 9.17) is 25.5 Å². The van der Waals surface area contributed by atoms with Gasteiger partial charge in [0.2, 0.25) is 11.2 Å². The summed E-state index contributed by atoms with van der Waals surface area (Å²) in [4.78, 5) is 17.3. The first-order valence-electron chi connectivity index (χ1n) is 14.4. The van der Waals surface area contributed by atoms with Crippen LogP contribution < -0.4 is 19.8 Å². The Morgan fingerprint density at radius 3 is 2.25 bits per heavy atom. The smallest absolute Gasteiger partial charge is 0.235 e. The molecule has 0 amide bonds. The molecule has 4 aromatic carbocycles. The molecule has 1 aliphatic heterocycles. The van der Waals surface area contributed by atoms with Crippen molar-refractivity contribution in [3.8, 4) is 22.8 Å². The lowest BCUT2D eigenvalue weighted by Gasteiger charge is -2.27. The highest BCUT2D eigenvalue weighted by Crippen LogP contribution is 2.37. The van der Waals surface area contributed by atoms with Gasteiger partial charge < -0.3 is 23.7 Å². The van der Waals surface area contributed by atoms with E-state index in [0.29, 0.717) is 22.5 Å². The molecule has 44 heavy (non-hydrogen) atoms. The van der Waals surface area contributed by atoms with E-state index in [2.05, 4.69) is 60.3 Å². The van der Waals surface area contributed by atoms with Gasteiger partial charge in [-0.3, -0.25) is 4.79 Å². The summed E-state index contributed by atoms with van der Waals surface area (Å²) in [7, 11) is 7.26. The van der Waals surface area contributed by atoms with Crippen LogP contribution in [0.1, 0.15) is 17.5 Å². The van der Waals surface area contributed by atoms with Crippen molar-refractivity contribution in [2.24, 2.45) is 0 Å². The number of aryl methyl sites for hydroxylation is 2. The minimum absolute atomic E-state index is 0. The second-order valence-electron chi connectivity index (χ2n) is 10.7. The molecule has 0 bridgehead atoms. The normalized spacial score (nSPS) is 11.9. The van der Waals surface area contributed by atoms with Crippen LogP contribution in [0.4, 0.5) is 11.4 Å². The molecule has 8 heteroatoms. The van der Waals surface area contributed by atoms with E-state index in [0.717, 1.165) is 42.9 Å². The topological polar surface area (TPSA) is 55.1 Å². The third-order valence-corrected chi connectivity index (χ3v) is 7.81. The second kappa shape index (κ2) is 15.2. The fraction of sp³-hybridized carbons (Fsp3) is 0.250. The van der Waals surface area contributed by atoms with E-state index in [9.17, 15) is 4.79 Å². The predicted molar refractivity (Wildman–Crippen MR) is 184 cm³/mol. The van der Waals surface area contributed by atoms with Gasteiger partial charge in [0.05, 0.1) is 19.6 Å². The number of fused-ring (bicyclic) bond motifs is 3. The van der Waals surface area contributed by atoms with Crippen molar-refractivity contribution in [2.45, 2.75) is 19.3 Å². The van der Waals surface area contributed by atoms with Crippen LogP contribution in [0.15, 0.2) is 100 Å². The van der Waals surface area contributed by atoms with E-state index in [1.807, 2.05) is 36.4 Å². The highest BCUT2D eigenvalue weighted by molar-refractivity contribution is 6.30. The van der Waals surface area contributed by atoms with Crippen molar-refractivity contribution >= 4 is 46.4 Å². The van der Waals surface area contributed by atoms with E-state index in [1.54, 1.807) is 25.3 Å². The van der Waals surface area contributed by atoms with E-state index in [1.165, 1.54) is 29.6 Å². The summed E-state index contributed by atoms with van der Waals surface area (Å²) >= 11 is 6.27. The van der Waals surface area contributed by atoms with E-state index < -0.39 is 0 Å². The zero-order chi connectivity index (χ0) is 30.3. The SMILES string of the molecule is CN(C)CCCN1c2ccccc2CCc2ccc(Cl)cc21.COc1c(-c2ccccc2)oc2c(OC)cccc2c1=O.Cl. The number of para-hydroxylation sites is 2. The molecule has 2 heterocycles. The lowest BCUT2D eigenvalue weighted by molar-refractivity contribution is 0.391. The molecule has 0 unspecified atom stereocenters. The number of hydrogen-bond acceptors (Lipinski definition) is 6. The summed E-state index contributed by atoms with van der Waals surface area (Å²) < 4.78 is 16.5. The Labute approximate surface area is 270 Å². The van der Waals surface area contributed by atoms with Gasteiger partial charge in [-0.15, -0.1) is 12.4 Å². The molecule has 6 rings (SSSR count). The van der Waals surface area contributed by atoms with Crippen molar-refractivity contribution in [3.63, 3.8) is 0 Å². The Morgan fingerprint density at radius 1 is 0.841 bits per heavy atom. The number of rotatable bonds is 7. The van der Waals surface area contributed by atoms with Crippen LogP contribution >= 0.6 is 24.0 Å². The molecule has 6 nitrogen and oxygen atoms in total. The number of anilines is 2. The van der Waals surface area contributed by atoms with E-state index >= 15 is 0 Å². The van der Waals surface area contributed by atoms with Crippen LogP contribution in [-0.4, -0.2) is 46.3 Å². The van der Waals surface area contributed by atoms with Crippen LogP contribution in [0.2, 0.25) is 5.02 Å². The number of hydrogen-bond donors (Lipinski definition) is 0. The molecule has 0 aliphatic carbocycles. The number of ether oxygens (including phenoxy) is 2. The molecule has 1 aromatic heterocycles. The van der Waals surface area contributed by atoms with Crippen molar-refractivity contribution in [1.82, 2.24) is 4.90 Å². The van der Waals surface area contributed by atoms with Gasteiger partial charge in [-0.05, 0) is 81.4 Å². The van der Waals surface area contributed by atoms with Gasteiger partial charge in [0, 0.05) is 28.5 Å². The van der Waals surface area contributed by atoms with Crippen molar-refractivity contribution in [2.75, 3.05) is 46.3 Å². The van der Waals surface area contributed by atoms with Crippen LogP contribution in [0, 0.1) is 0 Å². The molecule has 0 spiro atoms. The zero-order valence-corrected chi connectivity index (χ0v) is 27.1. The fourth-order valence-corrected chi connectivity index (χ4v) is 5.64. The largest absolute Gasteiger partial charge is 0.493 e. The van der Waals surface area contributed by atoms with Gasteiger partial charge in [0.1, 0.15) is 0 Å². The zero-order valence-electron chi connectivity index (χ0n) is 25.5. The molecule has 0 radical (unpaired) electrons. The molecule has 1 aliphatic rings. The molecular formula is C36H38Cl2N2O4. The third kappa shape index (κ3) is 7.21. The van der Waals surface area contributed by atoms with Crippen molar-refractivity contribution in [3.05, 3.63) is 117 Å². The first-order chi connectivity index (χ1) is 20.9. The highest BCUT2D eigenvalue weighted by atomic mass is 35.5. The van der Waals surface area contributed by atoms with E-state index in [-0.39, 0.29) is 23.6 Å². The first-order valence-corrected chi connectivity index (χ1v) is 14.8. The lowest BCUT2D eigenvalue weighted by Crippen LogP contribution is -2.24. The number of halogens is 2. The van der Waals surface area contributed by atoms with Crippen LogP contribution in [0.3, 0.4) is 0 Å². The van der Waals surface area contributed by atoms with Crippen LogP contribution in [-0.2, 0) is 12.8 Å². The summed E-state index contributed by atoms with van der Waals surface area (Å²) in [5.41, 5.74) is 6.42. The Bertz CT molecular complexity index is 1760. The maximum absolute atomic E-state index is 12.6. The second-order valence-corrected chi connectivity index (χ2v) is 11.1. The van der Waals surface area contributed by atoms with Crippen molar-refractivity contribution in [1.29, 1.82) is 0 Å². The number of methoxy groups -OCH3 is 2. The number of benzene rings is 4. The van der Waals surface area contributed by atoms with Gasteiger partial charge in [-0.1, -0.05) is 72.3 Å². The average Bonchev–Trinajstić information content (AvgIpc) is 3.18. The molecule has 0 fully saturated rings. The summed E-state index contributed by atoms with van der Waals surface area (Å²) in [5.74, 6) is 1.12. The molecule has 0 saturated heterocycles. The summed E-state index contributed by atoms with van der Waals surface area (Å²) in [5, 5.41) is 1.25.